The molecule has 1 aliphatic rings. The number of carbonyl (C=O) groups is 1. The molecule has 0 aromatic carbocycles. The first-order valence-corrected chi connectivity index (χ1v) is 7.03. The maximum absolute atomic E-state index is 11.9. The highest BCUT2D eigenvalue weighted by atomic mass is 16.5. The normalized spacial score (nSPS) is 20.7. The summed E-state index contributed by atoms with van der Waals surface area (Å²) in [5, 5.41) is 6.69. The fraction of sp³-hybridized carbons (Fsp3) is 0.714. The van der Waals surface area contributed by atoms with Gasteiger partial charge in [-0.1, -0.05) is 25.9 Å². The number of rotatable bonds is 4. The van der Waals surface area contributed by atoms with E-state index < -0.39 is 0 Å². The molecule has 1 aromatic rings. The molecular formula is C14H23N3O2. The van der Waals surface area contributed by atoms with E-state index in [4.69, 9.17) is 4.52 Å². The SMILES string of the molecule is CC1CCCN(CC(=O)Nc2cc(C(C)C)no2)C1. The monoisotopic (exact) mass is 265 g/mol. The Morgan fingerprint density at radius 1 is 1.63 bits per heavy atom. The first-order valence-electron chi connectivity index (χ1n) is 7.03. The van der Waals surface area contributed by atoms with Gasteiger partial charge in [0.2, 0.25) is 11.8 Å². The Morgan fingerprint density at radius 3 is 3.05 bits per heavy atom. The summed E-state index contributed by atoms with van der Waals surface area (Å²) in [7, 11) is 0. The zero-order valence-electron chi connectivity index (χ0n) is 12.0. The first kappa shape index (κ1) is 14.1. The highest BCUT2D eigenvalue weighted by Gasteiger charge is 2.19. The highest BCUT2D eigenvalue weighted by Crippen LogP contribution is 2.18. The average Bonchev–Trinajstić information content (AvgIpc) is 2.77. The number of nitrogens with zero attached hydrogens (tertiary/aromatic N) is 2. The van der Waals surface area contributed by atoms with Crippen molar-refractivity contribution < 1.29 is 9.32 Å². The smallest absolute Gasteiger partial charge is 0.240 e. The van der Waals surface area contributed by atoms with Gasteiger partial charge in [-0.05, 0) is 31.2 Å². The second-order valence-electron chi connectivity index (χ2n) is 5.80. The van der Waals surface area contributed by atoms with Crippen LogP contribution in [0.25, 0.3) is 0 Å². The highest BCUT2D eigenvalue weighted by molar-refractivity contribution is 5.90. The molecule has 1 fully saturated rings. The number of hydrogen-bond acceptors (Lipinski definition) is 4. The van der Waals surface area contributed by atoms with E-state index in [9.17, 15) is 4.79 Å². The Kier molecular flexibility index (Phi) is 4.58. The van der Waals surface area contributed by atoms with E-state index in [1.54, 1.807) is 6.07 Å². The first-order chi connectivity index (χ1) is 9.04. The van der Waals surface area contributed by atoms with Crippen LogP contribution in [-0.2, 0) is 4.79 Å². The molecule has 1 aliphatic heterocycles. The summed E-state index contributed by atoms with van der Waals surface area (Å²) >= 11 is 0. The van der Waals surface area contributed by atoms with Crippen molar-refractivity contribution in [1.29, 1.82) is 0 Å². The number of aromatic nitrogens is 1. The molecule has 1 aromatic heterocycles. The molecule has 2 rings (SSSR count). The van der Waals surface area contributed by atoms with Gasteiger partial charge in [-0.25, -0.2) is 0 Å². The summed E-state index contributed by atoms with van der Waals surface area (Å²) in [4.78, 5) is 14.1. The van der Waals surface area contributed by atoms with Crippen molar-refractivity contribution in [3.8, 4) is 0 Å². The molecule has 0 radical (unpaired) electrons. The van der Waals surface area contributed by atoms with Crippen LogP contribution in [0.4, 0.5) is 5.88 Å². The molecule has 1 amide bonds. The van der Waals surface area contributed by atoms with E-state index in [0.29, 0.717) is 24.3 Å². The van der Waals surface area contributed by atoms with Crippen molar-refractivity contribution in [3.05, 3.63) is 11.8 Å². The van der Waals surface area contributed by atoms with Crippen LogP contribution in [0, 0.1) is 5.92 Å². The molecule has 0 spiro atoms. The molecule has 5 nitrogen and oxygen atoms in total. The standard InChI is InChI=1S/C14H23N3O2/c1-10(2)12-7-14(19-16-12)15-13(18)9-17-6-4-5-11(3)8-17/h7,10-11H,4-6,8-9H2,1-3H3,(H,15,18). The predicted molar refractivity (Wildman–Crippen MR) is 74.1 cm³/mol. The summed E-state index contributed by atoms with van der Waals surface area (Å²) in [6, 6.07) is 1.79. The lowest BCUT2D eigenvalue weighted by molar-refractivity contribution is -0.117. The Labute approximate surface area is 114 Å². The van der Waals surface area contributed by atoms with Crippen LogP contribution in [0.3, 0.4) is 0 Å². The number of likely N-dealkylation sites (tertiary alicyclic amines) is 1. The van der Waals surface area contributed by atoms with Crippen molar-refractivity contribution in [2.45, 2.75) is 39.5 Å². The molecule has 1 unspecified atom stereocenters. The van der Waals surface area contributed by atoms with Crippen LogP contribution >= 0.6 is 0 Å². The Balaban J connectivity index is 1.83. The molecule has 2 heterocycles. The molecule has 19 heavy (non-hydrogen) atoms. The summed E-state index contributed by atoms with van der Waals surface area (Å²) in [5.74, 6) is 1.40. The molecule has 1 N–H and O–H groups in total. The number of nitrogens with one attached hydrogen (secondary N) is 1. The lowest BCUT2D eigenvalue weighted by atomic mass is 10.0. The Hall–Kier alpha value is -1.36. The van der Waals surface area contributed by atoms with E-state index in [-0.39, 0.29) is 5.91 Å². The third kappa shape index (κ3) is 4.06. The average molecular weight is 265 g/mol. The van der Waals surface area contributed by atoms with Crippen molar-refractivity contribution in [3.63, 3.8) is 0 Å². The predicted octanol–water partition coefficient (Wildman–Crippen LogP) is 2.47. The number of piperidine rings is 1. The van der Waals surface area contributed by atoms with E-state index >= 15 is 0 Å². The zero-order valence-corrected chi connectivity index (χ0v) is 12.0. The van der Waals surface area contributed by atoms with E-state index in [0.717, 1.165) is 18.8 Å². The maximum atomic E-state index is 11.9. The molecule has 106 valence electrons. The second-order valence-corrected chi connectivity index (χ2v) is 5.80. The van der Waals surface area contributed by atoms with E-state index in [2.05, 4.69) is 22.3 Å². The second kappa shape index (κ2) is 6.19. The molecule has 0 aliphatic carbocycles. The number of anilines is 1. The van der Waals surface area contributed by atoms with Gasteiger partial charge in [0, 0.05) is 12.6 Å². The van der Waals surface area contributed by atoms with Crippen LogP contribution in [0.1, 0.15) is 45.2 Å². The number of carbonyl (C=O) groups excluding carboxylic acids is 1. The fourth-order valence-electron chi connectivity index (χ4n) is 2.43. The van der Waals surface area contributed by atoms with Crippen LogP contribution in [-0.4, -0.2) is 35.6 Å². The minimum Gasteiger partial charge on any atom is -0.338 e. The summed E-state index contributed by atoms with van der Waals surface area (Å²) in [6.07, 6.45) is 2.44. The summed E-state index contributed by atoms with van der Waals surface area (Å²) in [5.41, 5.74) is 0.863. The quantitative estimate of drug-likeness (QED) is 0.908. The maximum Gasteiger partial charge on any atom is 0.240 e. The van der Waals surface area contributed by atoms with Crippen LogP contribution in [0.5, 0.6) is 0 Å². The fourth-order valence-corrected chi connectivity index (χ4v) is 2.43. The lowest BCUT2D eigenvalue weighted by Crippen LogP contribution is -2.39. The van der Waals surface area contributed by atoms with Crippen LogP contribution in [0.2, 0.25) is 0 Å². The third-order valence-electron chi connectivity index (χ3n) is 3.49. The molecule has 1 atom stereocenters. The van der Waals surface area contributed by atoms with Gasteiger partial charge in [0.1, 0.15) is 0 Å². The van der Waals surface area contributed by atoms with Gasteiger partial charge < -0.3 is 4.52 Å². The Bertz CT molecular complexity index is 428. The molecule has 1 saturated heterocycles. The van der Waals surface area contributed by atoms with Gasteiger partial charge in [0.25, 0.3) is 0 Å². The number of hydrogen-bond donors (Lipinski definition) is 1. The summed E-state index contributed by atoms with van der Waals surface area (Å²) < 4.78 is 5.11. The van der Waals surface area contributed by atoms with Gasteiger partial charge in [0.15, 0.2) is 0 Å². The van der Waals surface area contributed by atoms with Crippen molar-refractivity contribution in [2.24, 2.45) is 5.92 Å². The molecular weight excluding hydrogens is 242 g/mol. The lowest BCUT2D eigenvalue weighted by Gasteiger charge is -2.29. The summed E-state index contributed by atoms with van der Waals surface area (Å²) in [6.45, 7) is 8.75. The molecule has 0 bridgehead atoms. The minimum absolute atomic E-state index is 0.0273. The largest absolute Gasteiger partial charge is 0.338 e. The van der Waals surface area contributed by atoms with Crippen molar-refractivity contribution in [2.75, 3.05) is 25.0 Å². The van der Waals surface area contributed by atoms with Gasteiger partial charge in [0.05, 0.1) is 12.2 Å². The minimum atomic E-state index is -0.0273. The Morgan fingerprint density at radius 2 is 2.42 bits per heavy atom. The van der Waals surface area contributed by atoms with Gasteiger partial charge in [-0.15, -0.1) is 0 Å². The van der Waals surface area contributed by atoms with Crippen molar-refractivity contribution in [1.82, 2.24) is 10.1 Å². The van der Waals surface area contributed by atoms with E-state index in [1.807, 2.05) is 13.8 Å². The van der Waals surface area contributed by atoms with Gasteiger partial charge in [-0.3, -0.25) is 15.0 Å². The van der Waals surface area contributed by atoms with E-state index in [1.165, 1.54) is 12.8 Å². The topological polar surface area (TPSA) is 58.4 Å². The molecule has 0 saturated carbocycles. The number of amides is 1. The van der Waals surface area contributed by atoms with Gasteiger partial charge >= 0.3 is 0 Å². The van der Waals surface area contributed by atoms with Crippen molar-refractivity contribution >= 4 is 11.8 Å². The van der Waals surface area contributed by atoms with Crippen LogP contribution < -0.4 is 5.32 Å². The molecule has 5 heteroatoms. The third-order valence-corrected chi connectivity index (χ3v) is 3.49. The van der Waals surface area contributed by atoms with Gasteiger partial charge in [-0.2, -0.15) is 0 Å². The zero-order chi connectivity index (χ0) is 13.8. The van der Waals surface area contributed by atoms with Crippen LogP contribution in [0.15, 0.2) is 10.6 Å².